The number of nitrogens with zero attached hydrogens (tertiary/aromatic N) is 5. The fourth-order valence-electron chi connectivity index (χ4n) is 3.89. The molecule has 0 bridgehead atoms. The van der Waals surface area contributed by atoms with Gasteiger partial charge in [-0.1, -0.05) is 30.3 Å². The van der Waals surface area contributed by atoms with Gasteiger partial charge in [0.1, 0.15) is 6.61 Å². The first kappa shape index (κ1) is 19.7. The largest absolute Gasteiger partial charge is 0.470 e. The Morgan fingerprint density at radius 2 is 1.84 bits per heavy atom. The van der Waals surface area contributed by atoms with E-state index in [1.54, 1.807) is 12.4 Å². The minimum atomic E-state index is 0.0219. The summed E-state index contributed by atoms with van der Waals surface area (Å²) in [6, 6.07) is 14.5. The molecule has 2 aromatic heterocycles. The lowest BCUT2D eigenvalue weighted by atomic mass is 10.1. The van der Waals surface area contributed by atoms with Crippen LogP contribution >= 0.6 is 11.7 Å². The van der Waals surface area contributed by atoms with E-state index in [0.29, 0.717) is 44.6 Å². The van der Waals surface area contributed by atoms with Crippen molar-refractivity contribution in [1.82, 2.24) is 23.9 Å². The molecule has 2 atom stereocenters. The lowest BCUT2D eigenvalue weighted by Crippen LogP contribution is -2.52. The molecule has 1 aromatic carbocycles. The van der Waals surface area contributed by atoms with Crippen LogP contribution in [0.15, 0.2) is 54.9 Å². The summed E-state index contributed by atoms with van der Waals surface area (Å²) in [5, 5.41) is 3.18. The summed E-state index contributed by atoms with van der Waals surface area (Å²) >= 11 is 1.15. The first-order valence-electron chi connectivity index (χ1n) is 10.5. The van der Waals surface area contributed by atoms with Gasteiger partial charge in [0, 0.05) is 50.5 Å². The zero-order valence-corrected chi connectivity index (χ0v) is 17.9. The minimum Gasteiger partial charge on any atom is -0.470 e. The van der Waals surface area contributed by atoms with Gasteiger partial charge in [-0.2, -0.15) is 4.37 Å². The molecular formula is C22H24N6O2S. The van der Waals surface area contributed by atoms with Gasteiger partial charge in [0.2, 0.25) is 5.82 Å². The second-order valence-corrected chi connectivity index (χ2v) is 8.35. The van der Waals surface area contributed by atoms with Gasteiger partial charge >= 0.3 is 6.03 Å². The van der Waals surface area contributed by atoms with Gasteiger partial charge in [-0.05, 0) is 29.7 Å². The van der Waals surface area contributed by atoms with E-state index in [1.807, 2.05) is 35.2 Å². The minimum absolute atomic E-state index is 0.0219. The van der Waals surface area contributed by atoms with E-state index in [9.17, 15) is 4.79 Å². The number of ether oxygens (including phenoxy) is 1. The number of hydrogen-bond donors (Lipinski definition) is 1. The first-order chi connectivity index (χ1) is 15.3. The van der Waals surface area contributed by atoms with Crippen molar-refractivity contribution in [3.05, 3.63) is 66.0 Å². The SMILES string of the molecule is O=C(N[C@@H]1C[C@H]1c1ccccc1)N1CCN(c2nsnc2OCc2ccncc2)CC1. The van der Waals surface area contributed by atoms with E-state index in [0.717, 1.165) is 29.5 Å². The number of carbonyl (C=O) groups is 1. The van der Waals surface area contributed by atoms with Gasteiger partial charge in [0.15, 0.2) is 0 Å². The summed E-state index contributed by atoms with van der Waals surface area (Å²) < 4.78 is 14.6. The number of carbonyl (C=O) groups excluding carboxylic acids is 1. The van der Waals surface area contributed by atoms with E-state index in [-0.39, 0.29) is 12.1 Å². The molecule has 0 spiro atoms. The Morgan fingerprint density at radius 3 is 2.61 bits per heavy atom. The van der Waals surface area contributed by atoms with Gasteiger partial charge in [-0.3, -0.25) is 4.98 Å². The Hall–Kier alpha value is -3.20. The molecule has 1 aliphatic heterocycles. The standard InChI is InChI=1S/C22H24N6O2S/c29-22(24-19-14-18(19)17-4-2-1-3-5-17)28-12-10-27(11-13-28)20-21(26-31-25-20)30-15-16-6-8-23-9-7-16/h1-9,18-19H,10-15H2,(H,24,29)/t18-,19+/m0/s1. The number of aromatic nitrogens is 3. The molecule has 1 aliphatic carbocycles. The van der Waals surface area contributed by atoms with Gasteiger partial charge < -0.3 is 19.9 Å². The molecule has 9 heteroatoms. The summed E-state index contributed by atoms with van der Waals surface area (Å²) in [5.74, 6) is 1.74. The van der Waals surface area contributed by atoms with Crippen LogP contribution in [0.3, 0.4) is 0 Å². The van der Waals surface area contributed by atoms with Crippen molar-refractivity contribution in [3.63, 3.8) is 0 Å². The van der Waals surface area contributed by atoms with Crippen LogP contribution in [0.5, 0.6) is 5.88 Å². The van der Waals surface area contributed by atoms with Crippen LogP contribution < -0.4 is 15.0 Å². The summed E-state index contributed by atoms with van der Waals surface area (Å²) in [7, 11) is 0. The third-order valence-corrected chi connectivity index (χ3v) is 6.26. The predicted molar refractivity (Wildman–Crippen MR) is 118 cm³/mol. The van der Waals surface area contributed by atoms with Gasteiger partial charge in [0.05, 0.1) is 11.7 Å². The molecule has 2 fully saturated rings. The highest BCUT2D eigenvalue weighted by Crippen LogP contribution is 2.40. The van der Waals surface area contributed by atoms with Crippen molar-refractivity contribution >= 4 is 23.6 Å². The van der Waals surface area contributed by atoms with Crippen LogP contribution in [-0.4, -0.2) is 56.9 Å². The number of nitrogens with one attached hydrogen (secondary N) is 1. The Bertz CT molecular complexity index is 1010. The Morgan fingerprint density at radius 1 is 1.06 bits per heavy atom. The van der Waals surface area contributed by atoms with Crippen LogP contribution in [-0.2, 0) is 6.61 Å². The molecule has 3 heterocycles. The molecule has 0 radical (unpaired) electrons. The van der Waals surface area contributed by atoms with E-state index >= 15 is 0 Å². The Kier molecular flexibility index (Phi) is 5.66. The summed E-state index contributed by atoms with van der Waals surface area (Å²) in [5.41, 5.74) is 2.33. The third-order valence-electron chi connectivity index (χ3n) is 5.76. The Labute approximate surface area is 185 Å². The van der Waals surface area contributed by atoms with Crippen molar-refractivity contribution < 1.29 is 9.53 Å². The normalized spacial score (nSPS) is 20.4. The fraction of sp³-hybridized carbons (Fsp3) is 0.364. The number of hydrogen-bond acceptors (Lipinski definition) is 7. The molecule has 2 aliphatic rings. The molecule has 31 heavy (non-hydrogen) atoms. The average Bonchev–Trinajstić information content (AvgIpc) is 3.43. The van der Waals surface area contributed by atoms with E-state index in [4.69, 9.17) is 4.74 Å². The molecule has 160 valence electrons. The maximum atomic E-state index is 12.7. The average molecular weight is 437 g/mol. The maximum Gasteiger partial charge on any atom is 0.317 e. The molecule has 3 aromatic rings. The molecule has 8 nitrogen and oxygen atoms in total. The number of urea groups is 1. The highest BCUT2D eigenvalue weighted by atomic mass is 32.1. The Balaban J connectivity index is 1.11. The maximum absolute atomic E-state index is 12.7. The second-order valence-electron chi connectivity index (χ2n) is 7.82. The summed E-state index contributed by atoms with van der Waals surface area (Å²) in [6.07, 6.45) is 4.50. The highest BCUT2D eigenvalue weighted by Gasteiger charge is 2.40. The van der Waals surface area contributed by atoms with Crippen molar-refractivity contribution in [1.29, 1.82) is 0 Å². The highest BCUT2D eigenvalue weighted by molar-refractivity contribution is 6.99. The second kappa shape index (κ2) is 8.89. The quantitative estimate of drug-likeness (QED) is 0.640. The van der Waals surface area contributed by atoms with Crippen LogP contribution in [0, 0.1) is 0 Å². The van der Waals surface area contributed by atoms with Crippen molar-refractivity contribution in [2.75, 3.05) is 31.1 Å². The van der Waals surface area contributed by atoms with Crippen LogP contribution in [0.25, 0.3) is 0 Å². The van der Waals surface area contributed by atoms with Crippen molar-refractivity contribution in [2.24, 2.45) is 0 Å². The van der Waals surface area contributed by atoms with Crippen LogP contribution in [0.4, 0.5) is 10.6 Å². The molecule has 5 rings (SSSR count). The third kappa shape index (κ3) is 4.61. The van der Waals surface area contributed by atoms with E-state index in [2.05, 4.69) is 36.1 Å². The van der Waals surface area contributed by atoms with E-state index in [1.165, 1.54) is 5.56 Å². The molecule has 1 N–H and O–H groups in total. The lowest BCUT2D eigenvalue weighted by Gasteiger charge is -2.34. The molecule has 0 unspecified atom stereocenters. The molecule has 1 saturated heterocycles. The number of piperazine rings is 1. The first-order valence-corrected chi connectivity index (χ1v) is 11.2. The smallest absolute Gasteiger partial charge is 0.317 e. The summed E-state index contributed by atoms with van der Waals surface area (Å²) in [4.78, 5) is 20.7. The van der Waals surface area contributed by atoms with Crippen LogP contribution in [0.1, 0.15) is 23.5 Å². The number of anilines is 1. The molecular weight excluding hydrogens is 412 g/mol. The van der Waals surface area contributed by atoms with Crippen molar-refractivity contribution in [2.45, 2.75) is 25.0 Å². The topological polar surface area (TPSA) is 83.5 Å². The van der Waals surface area contributed by atoms with Crippen molar-refractivity contribution in [3.8, 4) is 5.88 Å². The zero-order chi connectivity index (χ0) is 21.0. The monoisotopic (exact) mass is 436 g/mol. The number of rotatable bonds is 6. The zero-order valence-electron chi connectivity index (χ0n) is 17.1. The summed E-state index contributed by atoms with van der Waals surface area (Å²) in [6.45, 7) is 3.13. The van der Waals surface area contributed by atoms with Gasteiger partial charge in [-0.15, -0.1) is 4.37 Å². The molecule has 1 saturated carbocycles. The van der Waals surface area contributed by atoms with Gasteiger partial charge in [-0.25, -0.2) is 4.79 Å². The van der Waals surface area contributed by atoms with E-state index < -0.39 is 0 Å². The number of pyridine rings is 1. The predicted octanol–water partition coefficient (Wildman–Crippen LogP) is 2.90. The number of amides is 2. The number of benzene rings is 1. The van der Waals surface area contributed by atoms with Gasteiger partial charge in [0.25, 0.3) is 5.88 Å². The fourth-order valence-corrected chi connectivity index (χ4v) is 4.41. The van der Waals surface area contributed by atoms with Crippen LogP contribution in [0.2, 0.25) is 0 Å². The molecule has 2 amide bonds. The lowest BCUT2D eigenvalue weighted by molar-refractivity contribution is 0.193.